The fourth-order valence-corrected chi connectivity index (χ4v) is 3.57. The minimum Gasteiger partial charge on any atom is -0.326 e. The second-order valence-corrected chi connectivity index (χ2v) is 7.40. The molecule has 2 aromatic rings. The van der Waals surface area contributed by atoms with E-state index in [1.807, 2.05) is 32.0 Å². The molecule has 0 saturated carbocycles. The van der Waals surface area contributed by atoms with Crippen LogP contribution in [0.15, 0.2) is 36.4 Å². The first kappa shape index (κ1) is 21.2. The number of fused-ring (bicyclic) bond motifs is 1. The Hall–Kier alpha value is -3.55. The molecule has 1 heterocycles. The van der Waals surface area contributed by atoms with Gasteiger partial charge in [-0.15, -0.1) is 0 Å². The van der Waals surface area contributed by atoms with Crippen LogP contribution >= 0.6 is 0 Å². The van der Waals surface area contributed by atoms with Gasteiger partial charge in [-0.05, 0) is 44.4 Å². The molecule has 0 radical (unpaired) electrons. The zero-order chi connectivity index (χ0) is 21.8. The molecule has 0 spiro atoms. The second-order valence-electron chi connectivity index (χ2n) is 7.40. The molecule has 1 N–H and O–H groups in total. The first-order chi connectivity index (χ1) is 14.3. The predicted octanol–water partition coefficient (Wildman–Crippen LogP) is 4.01. The van der Waals surface area contributed by atoms with Crippen LogP contribution < -0.4 is 5.32 Å². The molecule has 3 rings (SSSR count). The predicted molar refractivity (Wildman–Crippen MR) is 111 cm³/mol. The number of hydrogen-bond donors (Lipinski definition) is 1. The number of carbonyl (C=O) groups is 3. The van der Waals surface area contributed by atoms with E-state index in [2.05, 4.69) is 5.32 Å². The Kier molecular flexibility index (Phi) is 6.25. The Morgan fingerprint density at radius 2 is 1.83 bits per heavy atom. The van der Waals surface area contributed by atoms with E-state index in [9.17, 15) is 24.5 Å². The summed E-state index contributed by atoms with van der Waals surface area (Å²) in [5, 5.41) is 14.0. The molecule has 8 heteroatoms. The number of amides is 3. The molecule has 0 aliphatic carbocycles. The van der Waals surface area contributed by atoms with Crippen molar-refractivity contribution < 1.29 is 19.3 Å². The third kappa shape index (κ3) is 4.37. The molecule has 0 bridgehead atoms. The van der Waals surface area contributed by atoms with Gasteiger partial charge in [0.2, 0.25) is 5.91 Å². The van der Waals surface area contributed by atoms with Crippen LogP contribution in [0, 0.1) is 24.0 Å². The number of anilines is 1. The van der Waals surface area contributed by atoms with Crippen LogP contribution in [0.1, 0.15) is 57.5 Å². The molecule has 1 aliphatic rings. The van der Waals surface area contributed by atoms with Crippen LogP contribution in [-0.2, 0) is 4.79 Å². The van der Waals surface area contributed by atoms with Crippen molar-refractivity contribution in [2.45, 2.75) is 39.5 Å². The molecule has 0 unspecified atom stereocenters. The highest BCUT2D eigenvalue weighted by molar-refractivity contribution is 6.23. The van der Waals surface area contributed by atoms with E-state index >= 15 is 0 Å². The Morgan fingerprint density at radius 1 is 1.07 bits per heavy atom. The van der Waals surface area contributed by atoms with Gasteiger partial charge in [-0.25, -0.2) is 0 Å². The number of rotatable bonds is 8. The average Bonchev–Trinajstić information content (AvgIpc) is 2.94. The summed E-state index contributed by atoms with van der Waals surface area (Å²) in [4.78, 5) is 48.6. The number of unbranched alkanes of at least 4 members (excludes halogenated alkanes) is 2. The van der Waals surface area contributed by atoms with Crippen molar-refractivity contribution in [1.82, 2.24) is 4.90 Å². The summed E-state index contributed by atoms with van der Waals surface area (Å²) in [6.07, 6.45) is 2.12. The van der Waals surface area contributed by atoms with Crippen molar-refractivity contribution in [2.75, 3.05) is 11.9 Å². The minimum atomic E-state index is -0.651. The van der Waals surface area contributed by atoms with Gasteiger partial charge in [0.15, 0.2) is 0 Å². The number of carbonyl (C=O) groups excluding carboxylic acids is 3. The summed E-state index contributed by atoms with van der Waals surface area (Å²) in [6, 6.07) is 9.88. The molecule has 0 atom stereocenters. The largest absolute Gasteiger partial charge is 0.326 e. The molecule has 0 aromatic heterocycles. The van der Waals surface area contributed by atoms with Crippen LogP contribution in [0.2, 0.25) is 0 Å². The lowest BCUT2D eigenvalue weighted by atomic mass is 10.1. The molecule has 2 aromatic carbocycles. The smallest absolute Gasteiger partial charge is 0.282 e. The quantitative estimate of drug-likeness (QED) is 0.307. The number of aryl methyl sites for hydroxylation is 2. The van der Waals surface area contributed by atoms with Gasteiger partial charge in [0.05, 0.1) is 10.5 Å². The van der Waals surface area contributed by atoms with Gasteiger partial charge in [-0.3, -0.25) is 29.4 Å². The standard InChI is InChI=1S/C22H23N3O5/c1-14-10-11-17(15(2)13-14)23-19(26)9-4-3-5-12-24-21(27)16-7-6-8-18(25(29)30)20(16)22(24)28/h6-8,10-11,13H,3-5,9,12H2,1-2H3,(H,23,26). The van der Waals surface area contributed by atoms with Crippen molar-refractivity contribution in [1.29, 1.82) is 0 Å². The van der Waals surface area contributed by atoms with E-state index in [0.717, 1.165) is 21.7 Å². The zero-order valence-corrected chi connectivity index (χ0v) is 16.9. The van der Waals surface area contributed by atoms with Crippen molar-refractivity contribution in [2.24, 2.45) is 0 Å². The second kappa shape index (κ2) is 8.86. The Bertz CT molecular complexity index is 1030. The number of nitro groups is 1. The fraction of sp³-hybridized carbons (Fsp3) is 0.318. The summed E-state index contributed by atoms with van der Waals surface area (Å²) < 4.78 is 0. The lowest BCUT2D eigenvalue weighted by Crippen LogP contribution is -2.30. The third-order valence-electron chi connectivity index (χ3n) is 5.12. The monoisotopic (exact) mass is 409 g/mol. The molecule has 8 nitrogen and oxygen atoms in total. The number of hydrogen-bond acceptors (Lipinski definition) is 5. The van der Waals surface area contributed by atoms with E-state index in [-0.39, 0.29) is 29.3 Å². The van der Waals surface area contributed by atoms with Crippen LogP contribution in [0.25, 0.3) is 0 Å². The van der Waals surface area contributed by atoms with Crippen molar-refractivity contribution in [3.63, 3.8) is 0 Å². The third-order valence-corrected chi connectivity index (χ3v) is 5.12. The highest BCUT2D eigenvalue weighted by atomic mass is 16.6. The minimum absolute atomic E-state index is 0.0713. The maximum atomic E-state index is 12.5. The van der Waals surface area contributed by atoms with Gasteiger partial charge < -0.3 is 5.32 Å². The Labute approximate surface area is 174 Å². The number of nitro benzene ring substituents is 1. The number of imide groups is 1. The molecular weight excluding hydrogens is 386 g/mol. The van der Waals surface area contributed by atoms with E-state index in [4.69, 9.17) is 0 Å². The SMILES string of the molecule is Cc1ccc(NC(=O)CCCCCN2C(=O)c3cccc([N+](=O)[O-])c3C2=O)c(C)c1. The van der Waals surface area contributed by atoms with Crippen molar-refractivity contribution in [3.8, 4) is 0 Å². The van der Waals surface area contributed by atoms with Crippen LogP contribution in [0.3, 0.4) is 0 Å². The maximum Gasteiger partial charge on any atom is 0.282 e. The van der Waals surface area contributed by atoms with Crippen molar-refractivity contribution >= 4 is 29.1 Å². The lowest BCUT2D eigenvalue weighted by molar-refractivity contribution is -0.385. The van der Waals surface area contributed by atoms with Gasteiger partial charge in [0.25, 0.3) is 17.5 Å². The molecule has 30 heavy (non-hydrogen) atoms. The van der Waals surface area contributed by atoms with E-state index in [0.29, 0.717) is 25.7 Å². The van der Waals surface area contributed by atoms with Gasteiger partial charge >= 0.3 is 0 Å². The summed E-state index contributed by atoms with van der Waals surface area (Å²) in [5.41, 5.74) is 2.50. The maximum absolute atomic E-state index is 12.5. The molecule has 0 saturated heterocycles. The molecule has 3 amide bonds. The Morgan fingerprint density at radius 3 is 2.53 bits per heavy atom. The van der Waals surface area contributed by atoms with Crippen LogP contribution in [0.4, 0.5) is 11.4 Å². The van der Waals surface area contributed by atoms with Gasteiger partial charge in [-0.2, -0.15) is 0 Å². The highest BCUT2D eigenvalue weighted by Gasteiger charge is 2.40. The fourth-order valence-electron chi connectivity index (χ4n) is 3.57. The van der Waals surface area contributed by atoms with Gasteiger partial charge in [0, 0.05) is 24.7 Å². The Balaban J connectivity index is 1.47. The van der Waals surface area contributed by atoms with Gasteiger partial charge in [-0.1, -0.05) is 30.2 Å². The topological polar surface area (TPSA) is 110 Å². The number of nitrogens with one attached hydrogen (secondary N) is 1. The summed E-state index contributed by atoms with van der Waals surface area (Å²) in [5.74, 6) is -1.22. The summed E-state index contributed by atoms with van der Waals surface area (Å²) >= 11 is 0. The van der Waals surface area contributed by atoms with E-state index < -0.39 is 16.7 Å². The normalized spacial score (nSPS) is 12.8. The van der Waals surface area contributed by atoms with Crippen molar-refractivity contribution in [3.05, 3.63) is 68.8 Å². The first-order valence-electron chi connectivity index (χ1n) is 9.80. The first-order valence-corrected chi connectivity index (χ1v) is 9.80. The summed E-state index contributed by atoms with van der Waals surface area (Å²) in [7, 11) is 0. The van der Waals surface area contributed by atoms with E-state index in [1.54, 1.807) is 0 Å². The highest BCUT2D eigenvalue weighted by Crippen LogP contribution is 2.30. The molecule has 0 fully saturated rings. The average molecular weight is 409 g/mol. The summed E-state index contributed by atoms with van der Waals surface area (Å²) in [6.45, 7) is 4.10. The number of benzene rings is 2. The zero-order valence-electron chi connectivity index (χ0n) is 16.9. The molecule has 156 valence electrons. The van der Waals surface area contributed by atoms with Gasteiger partial charge in [0.1, 0.15) is 5.56 Å². The lowest BCUT2D eigenvalue weighted by Gasteiger charge is -2.13. The van der Waals surface area contributed by atoms with E-state index in [1.165, 1.54) is 18.2 Å². The molecule has 1 aliphatic heterocycles. The molecular formula is C22H23N3O5. The van der Waals surface area contributed by atoms with Crippen LogP contribution in [-0.4, -0.2) is 34.1 Å². The van der Waals surface area contributed by atoms with Crippen LogP contribution in [0.5, 0.6) is 0 Å². The number of nitrogens with zero attached hydrogens (tertiary/aromatic N) is 2.